The molecular formula is C24H30F2N2O4S. The molecule has 1 amide bonds. The van der Waals surface area contributed by atoms with Crippen molar-refractivity contribution in [2.45, 2.75) is 62.7 Å². The fourth-order valence-electron chi connectivity index (χ4n) is 4.52. The van der Waals surface area contributed by atoms with Crippen molar-refractivity contribution in [2.75, 3.05) is 18.7 Å². The van der Waals surface area contributed by atoms with Crippen molar-refractivity contribution in [3.8, 4) is 11.8 Å². The number of alkyl halides is 2. The molecule has 3 rings (SSSR count). The van der Waals surface area contributed by atoms with E-state index in [2.05, 4.69) is 28.9 Å². The molecule has 33 heavy (non-hydrogen) atoms. The van der Waals surface area contributed by atoms with Gasteiger partial charge in [0.05, 0.1) is 18.8 Å². The van der Waals surface area contributed by atoms with Crippen molar-refractivity contribution in [2.24, 2.45) is 0 Å². The van der Waals surface area contributed by atoms with Gasteiger partial charge in [0.2, 0.25) is 17.7 Å². The van der Waals surface area contributed by atoms with Gasteiger partial charge < -0.3 is 19.3 Å². The predicted octanol–water partition coefficient (Wildman–Crippen LogP) is 5.01. The lowest BCUT2D eigenvalue weighted by molar-refractivity contribution is -0.122. The van der Waals surface area contributed by atoms with E-state index in [1.54, 1.807) is 6.26 Å². The summed E-state index contributed by atoms with van der Waals surface area (Å²) in [7, 11) is 1.36. The second kappa shape index (κ2) is 10.7. The number of hydrogen-bond donors (Lipinski definition) is 1. The molecule has 6 nitrogen and oxygen atoms in total. The monoisotopic (exact) mass is 480 g/mol. The summed E-state index contributed by atoms with van der Waals surface area (Å²) in [5.74, 6) is -0.450. The molecule has 1 aliphatic rings. The molecule has 1 aliphatic carbocycles. The van der Waals surface area contributed by atoms with Gasteiger partial charge in [-0.2, -0.15) is 13.8 Å². The van der Waals surface area contributed by atoms with Crippen molar-refractivity contribution in [1.82, 2.24) is 4.98 Å². The van der Waals surface area contributed by atoms with Crippen LogP contribution in [0.1, 0.15) is 56.6 Å². The highest BCUT2D eigenvalue weighted by Crippen LogP contribution is 2.45. The highest BCUT2D eigenvalue weighted by atomic mass is 32.2. The van der Waals surface area contributed by atoms with Crippen LogP contribution >= 0.6 is 0 Å². The SMILES string of the molecule is COc1ccc(NC(=O)C2(c3ccccc3C(C)C)CCC([S+](C)[O-])CC2)c(OC(F)F)n1. The summed E-state index contributed by atoms with van der Waals surface area (Å²) >= 11 is -0.980. The van der Waals surface area contributed by atoms with E-state index in [-0.39, 0.29) is 28.6 Å². The van der Waals surface area contributed by atoms with Crippen molar-refractivity contribution in [3.05, 3.63) is 47.5 Å². The Labute approximate surface area is 196 Å². The number of nitrogens with zero attached hydrogens (tertiary/aromatic N) is 1. The van der Waals surface area contributed by atoms with Gasteiger partial charge in [0.1, 0.15) is 10.9 Å². The Morgan fingerprint density at radius 1 is 1.21 bits per heavy atom. The molecule has 180 valence electrons. The van der Waals surface area contributed by atoms with Crippen molar-refractivity contribution in [3.63, 3.8) is 0 Å². The van der Waals surface area contributed by atoms with Gasteiger partial charge in [0, 0.05) is 6.07 Å². The number of aromatic nitrogens is 1. The molecule has 1 fully saturated rings. The number of ether oxygens (including phenoxy) is 2. The minimum absolute atomic E-state index is 0.0255. The number of amides is 1. The number of benzene rings is 1. The second-order valence-corrected chi connectivity index (χ2v) is 10.2. The molecule has 1 heterocycles. The minimum atomic E-state index is -3.11. The van der Waals surface area contributed by atoms with Gasteiger partial charge >= 0.3 is 6.61 Å². The van der Waals surface area contributed by atoms with Crippen LogP contribution < -0.4 is 14.8 Å². The summed E-state index contributed by atoms with van der Waals surface area (Å²) in [6, 6.07) is 10.7. The van der Waals surface area contributed by atoms with Gasteiger partial charge in [-0.15, -0.1) is 0 Å². The molecule has 1 unspecified atom stereocenters. The van der Waals surface area contributed by atoms with Crippen LogP contribution in [0.25, 0.3) is 0 Å². The maximum atomic E-state index is 13.8. The summed E-state index contributed by atoms with van der Waals surface area (Å²) < 4.78 is 47.6. The molecule has 0 spiro atoms. The van der Waals surface area contributed by atoms with Gasteiger partial charge in [0.25, 0.3) is 0 Å². The summed E-state index contributed by atoms with van der Waals surface area (Å²) in [6.07, 6.45) is 3.95. The maximum absolute atomic E-state index is 13.8. The first-order valence-corrected chi connectivity index (χ1v) is 12.5. The van der Waals surface area contributed by atoms with E-state index < -0.39 is 29.1 Å². The normalized spacial score (nSPS) is 21.7. The number of anilines is 1. The van der Waals surface area contributed by atoms with Gasteiger partial charge in [-0.05, 0) is 48.8 Å². The summed E-state index contributed by atoms with van der Waals surface area (Å²) in [6.45, 7) is 1.03. The Morgan fingerprint density at radius 3 is 2.45 bits per heavy atom. The first kappa shape index (κ1) is 25.2. The Morgan fingerprint density at radius 2 is 1.88 bits per heavy atom. The minimum Gasteiger partial charge on any atom is -0.616 e. The molecule has 2 aromatic rings. The van der Waals surface area contributed by atoms with Crippen molar-refractivity contribution < 1.29 is 27.6 Å². The number of methoxy groups -OCH3 is 1. The zero-order chi connectivity index (χ0) is 24.2. The van der Waals surface area contributed by atoms with Crippen LogP contribution in [0.15, 0.2) is 36.4 Å². The lowest BCUT2D eigenvalue weighted by Crippen LogP contribution is -2.46. The highest BCUT2D eigenvalue weighted by molar-refractivity contribution is 7.91. The Hall–Kier alpha value is -2.39. The highest BCUT2D eigenvalue weighted by Gasteiger charge is 2.46. The van der Waals surface area contributed by atoms with Crippen LogP contribution in [0.2, 0.25) is 0 Å². The third-order valence-electron chi connectivity index (χ3n) is 6.28. The van der Waals surface area contributed by atoms with Crippen LogP contribution in [-0.2, 0) is 21.4 Å². The van der Waals surface area contributed by atoms with Gasteiger partial charge in [-0.3, -0.25) is 4.79 Å². The topological polar surface area (TPSA) is 83.5 Å². The predicted molar refractivity (Wildman–Crippen MR) is 125 cm³/mol. The Balaban J connectivity index is 2.02. The lowest BCUT2D eigenvalue weighted by Gasteiger charge is -2.40. The second-order valence-electron chi connectivity index (χ2n) is 8.56. The largest absolute Gasteiger partial charge is 0.616 e. The summed E-state index contributed by atoms with van der Waals surface area (Å²) in [5.41, 5.74) is 1.12. The number of hydrogen-bond acceptors (Lipinski definition) is 5. The molecule has 9 heteroatoms. The fraction of sp³-hybridized carbons (Fsp3) is 0.500. The van der Waals surface area contributed by atoms with Crippen LogP contribution in [0.4, 0.5) is 14.5 Å². The van der Waals surface area contributed by atoms with E-state index >= 15 is 0 Å². The van der Waals surface area contributed by atoms with Crippen LogP contribution in [-0.4, -0.2) is 40.7 Å². The fourth-order valence-corrected chi connectivity index (χ4v) is 5.42. The quantitative estimate of drug-likeness (QED) is 0.537. The molecule has 1 aromatic heterocycles. The molecule has 1 aromatic carbocycles. The zero-order valence-electron chi connectivity index (χ0n) is 19.3. The van der Waals surface area contributed by atoms with Gasteiger partial charge in [-0.1, -0.05) is 49.3 Å². The van der Waals surface area contributed by atoms with Crippen molar-refractivity contribution in [1.29, 1.82) is 0 Å². The zero-order valence-corrected chi connectivity index (χ0v) is 20.1. The number of pyridine rings is 1. The maximum Gasteiger partial charge on any atom is 0.388 e. The van der Waals surface area contributed by atoms with Gasteiger partial charge in [0.15, 0.2) is 0 Å². The third kappa shape index (κ3) is 5.58. The average molecular weight is 481 g/mol. The molecular weight excluding hydrogens is 450 g/mol. The number of halogens is 2. The van der Waals surface area contributed by atoms with Crippen LogP contribution in [0.3, 0.4) is 0 Å². The molecule has 1 N–H and O–H groups in total. The van der Waals surface area contributed by atoms with E-state index in [4.69, 9.17) is 4.74 Å². The Bertz CT molecular complexity index is 963. The first-order valence-electron chi connectivity index (χ1n) is 10.9. The lowest BCUT2D eigenvalue weighted by atomic mass is 9.66. The smallest absolute Gasteiger partial charge is 0.388 e. The molecule has 1 saturated carbocycles. The first-order chi connectivity index (χ1) is 15.7. The van der Waals surface area contributed by atoms with E-state index in [0.29, 0.717) is 25.7 Å². The molecule has 0 bridgehead atoms. The number of carbonyl (C=O) groups is 1. The molecule has 0 radical (unpaired) electrons. The summed E-state index contributed by atoms with van der Waals surface area (Å²) in [5, 5.41) is 2.82. The van der Waals surface area contributed by atoms with E-state index in [1.165, 1.54) is 19.2 Å². The van der Waals surface area contributed by atoms with Crippen LogP contribution in [0, 0.1) is 0 Å². The van der Waals surface area contributed by atoms with E-state index in [1.807, 2.05) is 24.3 Å². The molecule has 0 saturated heterocycles. The number of carbonyl (C=O) groups excluding carboxylic acids is 1. The van der Waals surface area contributed by atoms with E-state index in [9.17, 15) is 18.1 Å². The molecule has 1 atom stereocenters. The standard InChI is InChI=1S/C24H30F2N2O4S/c1-15(2)17-7-5-6-8-18(17)24(13-11-16(12-14-24)33(4)30)22(29)27-19-9-10-20(31-3)28-21(19)32-23(25)26/h5-10,15-16,23H,11-14H2,1-4H3,(H,27,29). The van der Waals surface area contributed by atoms with E-state index in [0.717, 1.165) is 11.1 Å². The van der Waals surface area contributed by atoms with Crippen molar-refractivity contribution >= 4 is 22.8 Å². The molecule has 0 aliphatic heterocycles. The third-order valence-corrected chi connectivity index (χ3v) is 7.69. The average Bonchev–Trinajstić information content (AvgIpc) is 2.79. The number of rotatable bonds is 8. The van der Waals surface area contributed by atoms with Crippen LogP contribution in [0.5, 0.6) is 11.8 Å². The number of nitrogens with one attached hydrogen (secondary N) is 1. The van der Waals surface area contributed by atoms with Gasteiger partial charge in [-0.25, -0.2) is 0 Å². The Kier molecular flexibility index (Phi) is 8.18. The summed E-state index contributed by atoms with van der Waals surface area (Å²) in [4.78, 5) is 17.8.